The number of thioether (sulfide) groups is 1. The Morgan fingerprint density at radius 1 is 1.46 bits per heavy atom. The Morgan fingerprint density at radius 3 is 2.54 bits per heavy atom. The summed E-state index contributed by atoms with van der Waals surface area (Å²) in [6.45, 7) is 1.45. The molecule has 0 fully saturated rings. The minimum Gasteiger partial charge on any atom is -0.330 e. The summed E-state index contributed by atoms with van der Waals surface area (Å²) in [5, 5.41) is 3.19. The van der Waals surface area contributed by atoms with Crippen LogP contribution < -0.4 is 11.1 Å². The van der Waals surface area contributed by atoms with Crippen LogP contribution in [0.15, 0.2) is 0 Å². The van der Waals surface area contributed by atoms with Gasteiger partial charge in [0.2, 0.25) is 0 Å². The molecular formula is C7H18Cl2N2OS. The van der Waals surface area contributed by atoms with E-state index in [2.05, 4.69) is 5.32 Å². The zero-order valence-corrected chi connectivity index (χ0v) is 10.2. The van der Waals surface area contributed by atoms with Crippen molar-refractivity contribution < 1.29 is 4.79 Å². The fraction of sp³-hybridized carbons (Fsp3) is 0.857. The molecule has 0 aliphatic heterocycles. The number of rotatable bonds is 6. The van der Waals surface area contributed by atoms with Crippen molar-refractivity contribution in [1.29, 1.82) is 0 Å². The Hall–Kier alpha value is 0.520. The van der Waals surface area contributed by atoms with Gasteiger partial charge in [-0.05, 0) is 20.0 Å². The molecule has 0 aromatic rings. The van der Waals surface area contributed by atoms with E-state index in [1.165, 1.54) is 11.8 Å². The van der Waals surface area contributed by atoms with Gasteiger partial charge >= 0.3 is 0 Å². The quantitative estimate of drug-likeness (QED) is 0.691. The number of carbonyl (C=O) groups excluding carboxylic acids is 1. The van der Waals surface area contributed by atoms with Crippen LogP contribution in [0.4, 0.5) is 0 Å². The molecule has 0 spiro atoms. The number of halogens is 2. The molecule has 3 N–H and O–H groups in total. The van der Waals surface area contributed by atoms with Gasteiger partial charge in [0, 0.05) is 18.7 Å². The second-order valence-corrected chi connectivity index (χ2v) is 3.37. The molecule has 0 rings (SSSR count). The van der Waals surface area contributed by atoms with Gasteiger partial charge < -0.3 is 11.1 Å². The molecule has 82 valence electrons. The molecule has 0 atom stereocenters. The summed E-state index contributed by atoms with van der Waals surface area (Å²) in [5.41, 5.74) is 5.28. The Labute approximate surface area is 96.4 Å². The molecule has 13 heavy (non-hydrogen) atoms. The summed E-state index contributed by atoms with van der Waals surface area (Å²) < 4.78 is 0. The van der Waals surface area contributed by atoms with Crippen molar-refractivity contribution in [2.24, 2.45) is 5.73 Å². The van der Waals surface area contributed by atoms with E-state index in [0.29, 0.717) is 13.0 Å². The third kappa shape index (κ3) is 15.3. The normalized spacial score (nSPS) is 8.46. The molecule has 0 unspecified atom stereocenters. The highest BCUT2D eigenvalue weighted by atomic mass is 35.5. The molecule has 0 radical (unpaired) electrons. The fourth-order valence-corrected chi connectivity index (χ4v) is 1.35. The summed E-state index contributed by atoms with van der Waals surface area (Å²) in [5.74, 6) is 0.860. The maximum Gasteiger partial charge on any atom is 0.190 e. The van der Waals surface area contributed by atoms with Gasteiger partial charge in [0.05, 0.1) is 0 Å². The molecule has 0 heterocycles. The first kappa shape index (κ1) is 19.1. The lowest BCUT2D eigenvalue weighted by Gasteiger charge is -1.98. The third-order valence-corrected chi connectivity index (χ3v) is 2.21. The van der Waals surface area contributed by atoms with Gasteiger partial charge in [0.15, 0.2) is 5.12 Å². The lowest BCUT2D eigenvalue weighted by atomic mass is 10.5. The van der Waals surface area contributed by atoms with Gasteiger partial charge in [-0.25, -0.2) is 0 Å². The lowest BCUT2D eigenvalue weighted by Crippen LogP contribution is -2.11. The molecular weight excluding hydrogens is 231 g/mol. The largest absolute Gasteiger partial charge is 0.330 e. The van der Waals surface area contributed by atoms with Gasteiger partial charge in [0.1, 0.15) is 0 Å². The zero-order chi connectivity index (χ0) is 8.53. The van der Waals surface area contributed by atoms with Crippen LogP contribution in [0, 0.1) is 0 Å². The molecule has 6 heteroatoms. The monoisotopic (exact) mass is 248 g/mol. The number of nitrogens with one attached hydrogen (secondary N) is 1. The summed E-state index contributed by atoms with van der Waals surface area (Å²) in [6.07, 6.45) is 1.54. The molecule has 0 aliphatic carbocycles. The summed E-state index contributed by atoms with van der Waals surface area (Å²) in [6, 6.07) is 0. The maximum atomic E-state index is 11.0. The molecule has 0 saturated carbocycles. The van der Waals surface area contributed by atoms with Crippen LogP contribution in [0.2, 0.25) is 0 Å². The first-order valence-corrected chi connectivity index (χ1v) is 4.80. The number of hydrogen-bond acceptors (Lipinski definition) is 4. The molecule has 0 amide bonds. The van der Waals surface area contributed by atoms with E-state index in [0.717, 1.165) is 18.7 Å². The van der Waals surface area contributed by atoms with Gasteiger partial charge in [-0.3, -0.25) is 4.79 Å². The van der Waals surface area contributed by atoms with Crippen molar-refractivity contribution >= 4 is 41.7 Å². The van der Waals surface area contributed by atoms with E-state index < -0.39 is 0 Å². The van der Waals surface area contributed by atoms with Crippen LogP contribution in [-0.2, 0) is 4.79 Å². The number of nitrogens with two attached hydrogens (primary N) is 1. The van der Waals surface area contributed by atoms with E-state index >= 15 is 0 Å². The van der Waals surface area contributed by atoms with Crippen molar-refractivity contribution in [3.8, 4) is 0 Å². The molecule has 0 aromatic heterocycles. The smallest absolute Gasteiger partial charge is 0.190 e. The number of carbonyl (C=O) groups is 1. The molecule has 0 bridgehead atoms. The van der Waals surface area contributed by atoms with Crippen LogP contribution in [0.5, 0.6) is 0 Å². The third-order valence-electron chi connectivity index (χ3n) is 1.19. The highest BCUT2D eigenvalue weighted by Crippen LogP contribution is 2.05. The fourth-order valence-electron chi connectivity index (χ4n) is 0.569. The second kappa shape index (κ2) is 15.0. The first-order valence-electron chi connectivity index (χ1n) is 3.81. The first-order chi connectivity index (χ1) is 5.31. The average molecular weight is 249 g/mol. The van der Waals surface area contributed by atoms with Crippen LogP contribution >= 0.6 is 36.6 Å². The van der Waals surface area contributed by atoms with Crippen molar-refractivity contribution in [3.05, 3.63) is 0 Å². The topological polar surface area (TPSA) is 55.1 Å². The van der Waals surface area contributed by atoms with Crippen LogP contribution in [0.25, 0.3) is 0 Å². The zero-order valence-electron chi connectivity index (χ0n) is 7.75. The molecule has 0 saturated heterocycles. The van der Waals surface area contributed by atoms with Crippen molar-refractivity contribution in [1.82, 2.24) is 5.32 Å². The summed E-state index contributed by atoms with van der Waals surface area (Å²) in [7, 11) is 1.85. The van der Waals surface area contributed by atoms with Gasteiger partial charge in [-0.2, -0.15) is 0 Å². The minimum atomic E-state index is 0. The van der Waals surface area contributed by atoms with E-state index in [4.69, 9.17) is 5.73 Å². The SMILES string of the molecule is CNCCC(=O)SCCCN.Cl.Cl. The maximum absolute atomic E-state index is 11.0. The van der Waals surface area contributed by atoms with Crippen LogP contribution in [-0.4, -0.2) is 31.0 Å². The second-order valence-electron chi connectivity index (χ2n) is 2.22. The Bertz CT molecular complexity index is 117. The van der Waals surface area contributed by atoms with Crippen molar-refractivity contribution in [2.75, 3.05) is 25.9 Å². The minimum absolute atomic E-state index is 0. The Balaban J connectivity index is -0.000000500. The van der Waals surface area contributed by atoms with Gasteiger partial charge in [0.25, 0.3) is 0 Å². The van der Waals surface area contributed by atoms with Crippen molar-refractivity contribution in [2.45, 2.75) is 12.8 Å². The Morgan fingerprint density at radius 2 is 2.08 bits per heavy atom. The van der Waals surface area contributed by atoms with E-state index in [9.17, 15) is 4.79 Å². The van der Waals surface area contributed by atoms with Crippen LogP contribution in [0.1, 0.15) is 12.8 Å². The van der Waals surface area contributed by atoms with Gasteiger partial charge in [-0.15, -0.1) is 24.8 Å². The highest BCUT2D eigenvalue weighted by molar-refractivity contribution is 8.13. The standard InChI is InChI=1S/C7H16N2OS.2ClH/c1-9-5-3-7(10)11-6-2-4-8;;/h9H,2-6,8H2,1H3;2*1H. The van der Waals surface area contributed by atoms with E-state index in [1.807, 2.05) is 7.05 Å². The molecule has 0 aromatic carbocycles. The summed E-state index contributed by atoms with van der Waals surface area (Å²) >= 11 is 1.38. The average Bonchev–Trinajstić information content (AvgIpc) is 2.01. The van der Waals surface area contributed by atoms with E-state index in [-0.39, 0.29) is 29.9 Å². The van der Waals surface area contributed by atoms with Crippen LogP contribution in [0.3, 0.4) is 0 Å². The molecule has 0 aliphatic rings. The summed E-state index contributed by atoms with van der Waals surface area (Å²) in [4.78, 5) is 11.0. The Kier molecular flexibility index (Phi) is 22.1. The molecule has 3 nitrogen and oxygen atoms in total. The van der Waals surface area contributed by atoms with Crippen molar-refractivity contribution in [3.63, 3.8) is 0 Å². The lowest BCUT2D eigenvalue weighted by molar-refractivity contribution is -0.110. The predicted molar refractivity (Wildman–Crippen MR) is 64.2 cm³/mol. The van der Waals surface area contributed by atoms with E-state index in [1.54, 1.807) is 0 Å². The predicted octanol–water partition coefficient (Wildman–Crippen LogP) is 1.05. The van der Waals surface area contributed by atoms with Gasteiger partial charge in [-0.1, -0.05) is 11.8 Å². The number of hydrogen-bond donors (Lipinski definition) is 2. The highest BCUT2D eigenvalue weighted by Gasteiger charge is 1.99.